The first-order valence-corrected chi connectivity index (χ1v) is 6.82. The summed E-state index contributed by atoms with van der Waals surface area (Å²) in [6.45, 7) is 7.19. The normalized spacial score (nSPS) is 19.5. The summed E-state index contributed by atoms with van der Waals surface area (Å²) in [6, 6.07) is 0. The molecular formula is C14H25NO2. The van der Waals surface area contributed by atoms with Gasteiger partial charge in [-0.05, 0) is 38.3 Å². The molecule has 1 aliphatic heterocycles. The van der Waals surface area contributed by atoms with E-state index in [2.05, 4.69) is 11.8 Å². The van der Waals surface area contributed by atoms with Crippen LogP contribution < -0.4 is 0 Å². The highest BCUT2D eigenvalue weighted by atomic mass is 16.4. The van der Waals surface area contributed by atoms with Crippen LogP contribution in [-0.2, 0) is 4.79 Å². The quantitative estimate of drug-likeness (QED) is 0.724. The van der Waals surface area contributed by atoms with Crippen LogP contribution in [0.4, 0.5) is 0 Å². The summed E-state index contributed by atoms with van der Waals surface area (Å²) in [6.07, 6.45) is 7.67. The molecular weight excluding hydrogens is 214 g/mol. The van der Waals surface area contributed by atoms with Gasteiger partial charge in [0.05, 0.1) is 0 Å². The maximum absolute atomic E-state index is 10.9. The molecule has 1 heterocycles. The predicted octanol–water partition coefficient (Wildman–Crippen LogP) is 2.92. The Labute approximate surface area is 105 Å². The molecule has 1 N–H and O–H groups in total. The lowest BCUT2D eigenvalue weighted by molar-refractivity contribution is -0.132. The van der Waals surface area contributed by atoms with E-state index in [1.165, 1.54) is 25.7 Å². The van der Waals surface area contributed by atoms with E-state index in [1.807, 2.05) is 13.0 Å². The van der Waals surface area contributed by atoms with Crippen LogP contribution in [0.25, 0.3) is 0 Å². The summed E-state index contributed by atoms with van der Waals surface area (Å²) in [5.41, 5.74) is 0.542. The monoisotopic (exact) mass is 239 g/mol. The van der Waals surface area contributed by atoms with Gasteiger partial charge in [0.15, 0.2) is 0 Å². The maximum atomic E-state index is 10.9. The highest BCUT2D eigenvalue weighted by molar-refractivity contribution is 5.86. The Morgan fingerprint density at radius 3 is 2.47 bits per heavy atom. The number of nitrogens with zero attached hydrogens (tertiary/aromatic N) is 1. The van der Waals surface area contributed by atoms with Crippen LogP contribution in [0.1, 0.15) is 46.0 Å². The maximum Gasteiger partial charge on any atom is 0.331 e. The minimum absolute atomic E-state index is 0.542. The van der Waals surface area contributed by atoms with Gasteiger partial charge in [-0.1, -0.05) is 32.8 Å². The molecule has 0 spiro atoms. The highest BCUT2D eigenvalue weighted by Gasteiger charge is 2.17. The zero-order valence-corrected chi connectivity index (χ0v) is 11.1. The molecule has 0 aromatic heterocycles. The van der Waals surface area contributed by atoms with E-state index >= 15 is 0 Å². The zero-order chi connectivity index (χ0) is 12.7. The van der Waals surface area contributed by atoms with Crippen molar-refractivity contribution >= 4 is 5.97 Å². The fraction of sp³-hybridized carbons (Fsp3) is 0.786. The average Bonchev–Trinajstić information content (AvgIpc) is 2.32. The molecule has 17 heavy (non-hydrogen) atoms. The molecule has 1 aliphatic rings. The first-order chi connectivity index (χ1) is 8.17. The number of carbonyl (C=O) groups is 1. The van der Waals surface area contributed by atoms with Crippen LogP contribution in [0.15, 0.2) is 11.6 Å². The largest absolute Gasteiger partial charge is 0.478 e. The molecule has 0 aliphatic carbocycles. The van der Waals surface area contributed by atoms with Crippen molar-refractivity contribution < 1.29 is 9.90 Å². The van der Waals surface area contributed by atoms with E-state index in [1.54, 1.807) is 0 Å². The lowest BCUT2D eigenvalue weighted by Crippen LogP contribution is -2.34. The molecule has 0 radical (unpaired) electrons. The predicted molar refractivity (Wildman–Crippen MR) is 70.1 cm³/mol. The number of hydrogen-bond acceptors (Lipinski definition) is 2. The van der Waals surface area contributed by atoms with Crippen LogP contribution >= 0.6 is 0 Å². The van der Waals surface area contributed by atoms with Crippen LogP contribution in [0.2, 0.25) is 0 Å². The number of likely N-dealkylation sites (tertiary alicyclic amines) is 1. The van der Waals surface area contributed by atoms with Crippen LogP contribution in [0, 0.1) is 5.92 Å². The number of aliphatic carboxylic acids is 1. The molecule has 3 nitrogen and oxygen atoms in total. The molecule has 0 aromatic carbocycles. The van der Waals surface area contributed by atoms with Gasteiger partial charge in [-0.3, -0.25) is 4.90 Å². The summed E-state index contributed by atoms with van der Waals surface area (Å²) in [5.74, 6) is 0.124. The molecule has 0 saturated carbocycles. The second-order valence-corrected chi connectivity index (χ2v) is 4.92. The van der Waals surface area contributed by atoms with Crippen molar-refractivity contribution in [3.8, 4) is 0 Å². The lowest BCUT2D eigenvalue weighted by Gasteiger charge is -2.31. The number of piperidine rings is 1. The van der Waals surface area contributed by atoms with E-state index in [9.17, 15) is 4.79 Å². The smallest absolute Gasteiger partial charge is 0.331 e. The Morgan fingerprint density at radius 1 is 1.35 bits per heavy atom. The number of hydrogen-bond donors (Lipinski definition) is 1. The highest BCUT2D eigenvalue weighted by Crippen LogP contribution is 2.21. The van der Waals surface area contributed by atoms with Gasteiger partial charge in [0, 0.05) is 12.1 Å². The Kier molecular flexibility index (Phi) is 6.27. The first-order valence-electron chi connectivity index (χ1n) is 6.82. The van der Waals surface area contributed by atoms with Gasteiger partial charge in [0.25, 0.3) is 0 Å². The second kappa shape index (κ2) is 7.49. The van der Waals surface area contributed by atoms with Crippen molar-refractivity contribution in [2.75, 3.05) is 19.6 Å². The molecule has 0 bridgehead atoms. The van der Waals surface area contributed by atoms with Crippen molar-refractivity contribution in [3.05, 3.63) is 11.6 Å². The van der Waals surface area contributed by atoms with E-state index < -0.39 is 5.97 Å². The topological polar surface area (TPSA) is 40.5 Å². The fourth-order valence-electron chi connectivity index (χ4n) is 2.49. The summed E-state index contributed by atoms with van der Waals surface area (Å²) >= 11 is 0. The zero-order valence-electron chi connectivity index (χ0n) is 11.1. The second-order valence-electron chi connectivity index (χ2n) is 4.92. The molecule has 1 fully saturated rings. The number of rotatable bonds is 6. The molecule has 0 unspecified atom stereocenters. The Balaban J connectivity index is 2.33. The molecule has 0 atom stereocenters. The summed E-state index contributed by atoms with van der Waals surface area (Å²) in [5, 5.41) is 8.93. The van der Waals surface area contributed by atoms with Gasteiger partial charge in [-0.2, -0.15) is 0 Å². The third-order valence-electron chi connectivity index (χ3n) is 3.66. The first kappa shape index (κ1) is 14.2. The van der Waals surface area contributed by atoms with Gasteiger partial charge >= 0.3 is 5.97 Å². The SMILES string of the molecule is CCCC1CCN(CC=C(CC)C(=O)O)CC1. The van der Waals surface area contributed by atoms with Crippen molar-refractivity contribution in [3.63, 3.8) is 0 Å². The molecule has 0 amide bonds. The molecule has 0 aromatic rings. The van der Waals surface area contributed by atoms with Gasteiger partial charge in [-0.15, -0.1) is 0 Å². The van der Waals surface area contributed by atoms with Gasteiger partial charge in [0.1, 0.15) is 0 Å². The van der Waals surface area contributed by atoms with Crippen molar-refractivity contribution in [1.29, 1.82) is 0 Å². The standard InChI is InChI=1S/C14H25NO2/c1-3-5-12-6-9-15(10-7-12)11-8-13(4-2)14(16)17/h8,12H,3-7,9-11H2,1-2H3,(H,16,17). The molecule has 98 valence electrons. The Hall–Kier alpha value is -0.830. The van der Waals surface area contributed by atoms with Gasteiger partial charge in [-0.25, -0.2) is 4.79 Å². The van der Waals surface area contributed by atoms with Crippen LogP contribution in [0.3, 0.4) is 0 Å². The molecule has 1 saturated heterocycles. The minimum Gasteiger partial charge on any atom is -0.478 e. The van der Waals surface area contributed by atoms with Crippen molar-refractivity contribution in [1.82, 2.24) is 4.90 Å². The van der Waals surface area contributed by atoms with E-state index in [0.29, 0.717) is 12.0 Å². The van der Waals surface area contributed by atoms with E-state index in [4.69, 9.17) is 5.11 Å². The van der Waals surface area contributed by atoms with Crippen molar-refractivity contribution in [2.24, 2.45) is 5.92 Å². The Bertz CT molecular complexity index is 265. The Morgan fingerprint density at radius 2 is 2.00 bits per heavy atom. The van der Waals surface area contributed by atoms with Crippen LogP contribution in [-0.4, -0.2) is 35.6 Å². The molecule has 1 rings (SSSR count). The molecule has 3 heteroatoms. The third kappa shape index (κ3) is 4.90. The number of carboxylic acid groups (broad SMARTS) is 1. The summed E-state index contributed by atoms with van der Waals surface area (Å²) < 4.78 is 0. The van der Waals surface area contributed by atoms with Gasteiger partial charge in [0.2, 0.25) is 0 Å². The van der Waals surface area contributed by atoms with Crippen LogP contribution in [0.5, 0.6) is 0 Å². The van der Waals surface area contributed by atoms with E-state index in [0.717, 1.165) is 25.6 Å². The summed E-state index contributed by atoms with van der Waals surface area (Å²) in [4.78, 5) is 13.2. The summed E-state index contributed by atoms with van der Waals surface area (Å²) in [7, 11) is 0. The lowest BCUT2D eigenvalue weighted by atomic mass is 9.92. The minimum atomic E-state index is -0.770. The average molecular weight is 239 g/mol. The third-order valence-corrected chi connectivity index (χ3v) is 3.66. The number of carboxylic acids is 1. The van der Waals surface area contributed by atoms with E-state index in [-0.39, 0.29) is 0 Å². The van der Waals surface area contributed by atoms with Crippen molar-refractivity contribution in [2.45, 2.75) is 46.0 Å². The fourth-order valence-corrected chi connectivity index (χ4v) is 2.49. The van der Waals surface area contributed by atoms with Gasteiger partial charge < -0.3 is 5.11 Å².